The van der Waals surface area contributed by atoms with Crippen LogP contribution in [0.25, 0.3) is 0 Å². The fraction of sp³-hybridized carbons (Fsp3) is 0.0909. The predicted octanol–water partition coefficient (Wildman–Crippen LogP) is 4.40. The minimum absolute atomic E-state index is 0.573. The molecule has 0 aliphatic rings. The van der Waals surface area contributed by atoms with E-state index in [0.717, 1.165) is 20.8 Å². The van der Waals surface area contributed by atoms with Gasteiger partial charge in [0.2, 0.25) is 0 Å². The molecule has 5 heteroatoms. The van der Waals surface area contributed by atoms with Crippen molar-refractivity contribution in [2.75, 3.05) is 5.32 Å². The van der Waals surface area contributed by atoms with Crippen molar-refractivity contribution in [3.63, 3.8) is 0 Å². The Morgan fingerprint density at radius 2 is 1.94 bits per heavy atom. The maximum absolute atomic E-state index is 12.9. The highest BCUT2D eigenvalue weighted by Crippen LogP contribution is 2.23. The number of rotatable bonds is 3. The van der Waals surface area contributed by atoms with Gasteiger partial charge >= 0.3 is 0 Å². The summed E-state index contributed by atoms with van der Waals surface area (Å²) in [6, 6.07) is 7.70. The number of nitrogens with one attached hydrogen (secondary N) is 1. The molecule has 0 amide bonds. The molecule has 1 nitrogen and oxygen atoms in total. The van der Waals surface area contributed by atoms with Crippen molar-refractivity contribution in [1.29, 1.82) is 0 Å². The summed E-state index contributed by atoms with van der Waals surface area (Å²) < 4.78 is 26.6. The van der Waals surface area contributed by atoms with E-state index in [4.69, 9.17) is 0 Å². The summed E-state index contributed by atoms with van der Waals surface area (Å²) in [6.45, 7) is 0.599. The van der Waals surface area contributed by atoms with Crippen LogP contribution < -0.4 is 5.32 Å². The summed E-state index contributed by atoms with van der Waals surface area (Å²) in [5, 5.41) is 3.03. The maximum atomic E-state index is 12.9. The zero-order valence-electron chi connectivity index (χ0n) is 8.14. The van der Waals surface area contributed by atoms with Gasteiger partial charge < -0.3 is 5.32 Å². The van der Waals surface area contributed by atoms with Crippen molar-refractivity contribution >= 4 is 33.0 Å². The van der Waals surface area contributed by atoms with E-state index in [1.165, 1.54) is 6.07 Å². The summed E-state index contributed by atoms with van der Waals surface area (Å²) in [5.74, 6) is -1.67. The summed E-state index contributed by atoms with van der Waals surface area (Å²) in [5.41, 5.74) is 0.573. The van der Waals surface area contributed by atoms with Crippen LogP contribution in [0.4, 0.5) is 14.5 Å². The van der Waals surface area contributed by atoms with Gasteiger partial charge in [0.25, 0.3) is 0 Å². The van der Waals surface area contributed by atoms with Crippen molar-refractivity contribution in [2.24, 2.45) is 0 Å². The molecule has 0 unspecified atom stereocenters. The number of thiophene rings is 1. The Kier molecular flexibility index (Phi) is 3.56. The molecule has 0 radical (unpaired) electrons. The highest BCUT2D eigenvalue weighted by atomic mass is 79.9. The molecule has 0 atom stereocenters. The number of hydrogen-bond donors (Lipinski definition) is 1. The molecule has 0 aliphatic heterocycles. The highest BCUT2D eigenvalue weighted by molar-refractivity contribution is 9.11. The molecule has 1 aromatic carbocycles. The Bertz CT molecular complexity index is 498. The fourth-order valence-electron chi connectivity index (χ4n) is 1.24. The zero-order chi connectivity index (χ0) is 11.5. The van der Waals surface area contributed by atoms with Gasteiger partial charge in [-0.15, -0.1) is 11.3 Å². The molecule has 0 spiro atoms. The molecule has 16 heavy (non-hydrogen) atoms. The van der Waals surface area contributed by atoms with Crippen LogP contribution in [-0.4, -0.2) is 0 Å². The second-order valence-corrected chi connectivity index (χ2v) is 5.74. The molecular weight excluding hydrogens is 296 g/mol. The lowest BCUT2D eigenvalue weighted by Gasteiger charge is -2.04. The van der Waals surface area contributed by atoms with Gasteiger partial charge in [0.05, 0.1) is 3.79 Å². The molecule has 1 aromatic heterocycles. The Balaban J connectivity index is 2.02. The van der Waals surface area contributed by atoms with Gasteiger partial charge in [-0.05, 0) is 40.2 Å². The van der Waals surface area contributed by atoms with Crippen LogP contribution in [0.15, 0.2) is 34.1 Å². The molecule has 84 valence electrons. The second-order valence-electron chi connectivity index (χ2n) is 3.19. The number of hydrogen-bond acceptors (Lipinski definition) is 2. The molecule has 0 fully saturated rings. The summed E-state index contributed by atoms with van der Waals surface area (Å²) in [7, 11) is 0. The minimum atomic E-state index is -0.836. The van der Waals surface area contributed by atoms with Gasteiger partial charge in [0, 0.05) is 23.2 Å². The standard InChI is InChI=1S/C11H8BrF2NS/c12-11-4-2-8(16-11)6-15-7-1-3-9(13)10(14)5-7/h1-5,15H,6H2. The summed E-state index contributed by atoms with van der Waals surface area (Å²) in [4.78, 5) is 1.12. The van der Waals surface area contributed by atoms with Gasteiger partial charge in [-0.25, -0.2) is 8.78 Å². The number of halogens is 3. The van der Waals surface area contributed by atoms with E-state index in [0.29, 0.717) is 12.2 Å². The first-order chi connectivity index (χ1) is 7.65. The van der Waals surface area contributed by atoms with Crippen LogP contribution in [0.5, 0.6) is 0 Å². The number of benzene rings is 1. The molecular formula is C11H8BrF2NS. The molecule has 1 heterocycles. The third kappa shape index (κ3) is 2.80. The van der Waals surface area contributed by atoms with E-state index in [9.17, 15) is 8.78 Å². The second kappa shape index (κ2) is 4.93. The fourth-order valence-corrected chi connectivity index (χ4v) is 2.66. The van der Waals surface area contributed by atoms with Crippen molar-refractivity contribution in [1.82, 2.24) is 0 Å². The topological polar surface area (TPSA) is 12.0 Å². The quantitative estimate of drug-likeness (QED) is 0.886. The third-order valence-electron chi connectivity index (χ3n) is 2.02. The zero-order valence-corrected chi connectivity index (χ0v) is 10.5. The molecule has 0 bridgehead atoms. The lowest BCUT2D eigenvalue weighted by atomic mass is 10.3. The highest BCUT2D eigenvalue weighted by Gasteiger charge is 2.02. The van der Waals surface area contributed by atoms with E-state index in [1.54, 1.807) is 11.3 Å². The largest absolute Gasteiger partial charge is 0.380 e. The molecule has 0 aliphatic carbocycles. The average molecular weight is 304 g/mol. The Morgan fingerprint density at radius 3 is 2.56 bits per heavy atom. The van der Waals surface area contributed by atoms with Gasteiger partial charge in [-0.2, -0.15) is 0 Å². The Hall–Kier alpha value is -0.940. The predicted molar refractivity (Wildman–Crippen MR) is 65.7 cm³/mol. The van der Waals surface area contributed by atoms with Crippen LogP contribution in [0, 0.1) is 11.6 Å². The van der Waals surface area contributed by atoms with Crippen LogP contribution >= 0.6 is 27.3 Å². The van der Waals surface area contributed by atoms with E-state index in [2.05, 4.69) is 21.2 Å². The van der Waals surface area contributed by atoms with Crippen LogP contribution in [0.2, 0.25) is 0 Å². The Labute approximate surface area is 104 Å². The van der Waals surface area contributed by atoms with Gasteiger partial charge in [-0.3, -0.25) is 0 Å². The van der Waals surface area contributed by atoms with E-state index in [-0.39, 0.29) is 0 Å². The van der Waals surface area contributed by atoms with Gasteiger partial charge in [-0.1, -0.05) is 0 Å². The molecule has 1 N–H and O–H groups in total. The molecule has 2 aromatic rings. The molecule has 2 rings (SSSR count). The summed E-state index contributed by atoms with van der Waals surface area (Å²) >= 11 is 4.96. The maximum Gasteiger partial charge on any atom is 0.160 e. The van der Waals surface area contributed by atoms with Gasteiger partial charge in [0.15, 0.2) is 11.6 Å². The first-order valence-electron chi connectivity index (χ1n) is 4.58. The SMILES string of the molecule is Fc1ccc(NCc2ccc(Br)s2)cc1F. The molecule has 0 saturated heterocycles. The van der Waals surface area contributed by atoms with Crippen molar-refractivity contribution in [2.45, 2.75) is 6.54 Å². The van der Waals surface area contributed by atoms with Crippen LogP contribution in [0.3, 0.4) is 0 Å². The van der Waals surface area contributed by atoms with Gasteiger partial charge in [0.1, 0.15) is 0 Å². The monoisotopic (exact) mass is 303 g/mol. The normalized spacial score (nSPS) is 10.4. The summed E-state index contributed by atoms with van der Waals surface area (Å²) in [6.07, 6.45) is 0. The van der Waals surface area contributed by atoms with Crippen LogP contribution in [-0.2, 0) is 6.54 Å². The number of anilines is 1. The lowest BCUT2D eigenvalue weighted by Crippen LogP contribution is -1.98. The smallest absolute Gasteiger partial charge is 0.160 e. The lowest BCUT2D eigenvalue weighted by molar-refractivity contribution is 0.509. The van der Waals surface area contributed by atoms with Crippen molar-refractivity contribution in [3.05, 3.63) is 50.6 Å². The van der Waals surface area contributed by atoms with E-state index in [1.807, 2.05) is 12.1 Å². The van der Waals surface area contributed by atoms with Crippen LogP contribution in [0.1, 0.15) is 4.88 Å². The van der Waals surface area contributed by atoms with Crippen molar-refractivity contribution < 1.29 is 8.78 Å². The first kappa shape index (κ1) is 11.5. The minimum Gasteiger partial charge on any atom is -0.380 e. The first-order valence-corrected chi connectivity index (χ1v) is 6.19. The average Bonchev–Trinajstić information content (AvgIpc) is 2.66. The molecule has 0 saturated carbocycles. The van der Waals surface area contributed by atoms with E-state index < -0.39 is 11.6 Å². The van der Waals surface area contributed by atoms with Crippen molar-refractivity contribution in [3.8, 4) is 0 Å². The van der Waals surface area contributed by atoms with E-state index >= 15 is 0 Å². The Morgan fingerprint density at radius 1 is 1.12 bits per heavy atom. The third-order valence-corrected chi connectivity index (χ3v) is 3.64.